The van der Waals surface area contributed by atoms with Crippen LogP contribution in [-0.4, -0.2) is 22.3 Å². The van der Waals surface area contributed by atoms with Crippen LogP contribution in [0.4, 0.5) is 0 Å². The second-order valence-electron chi connectivity index (χ2n) is 4.88. The Bertz CT molecular complexity index is 389. The van der Waals surface area contributed by atoms with Crippen LogP contribution in [0.1, 0.15) is 32.4 Å². The minimum Gasteiger partial charge on any atom is -0.497 e. The van der Waals surface area contributed by atoms with Crippen LogP contribution in [0.3, 0.4) is 0 Å². The first kappa shape index (κ1) is 15.2. The highest BCUT2D eigenvalue weighted by Gasteiger charge is 2.18. The molecule has 0 saturated heterocycles. The summed E-state index contributed by atoms with van der Waals surface area (Å²) in [7, 11) is 0.744. The predicted octanol–water partition coefficient (Wildman–Crippen LogP) is 2.49. The second kappa shape index (κ2) is 6.90. The van der Waals surface area contributed by atoms with Crippen molar-refractivity contribution in [3.63, 3.8) is 0 Å². The maximum absolute atomic E-state index is 12.1. The molecule has 0 heterocycles. The average molecular weight is 269 g/mol. The monoisotopic (exact) mass is 269 g/mol. The quantitative estimate of drug-likeness (QED) is 0.863. The zero-order valence-electron chi connectivity index (χ0n) is 11.6. The molecular weight excluding hydrogens is 246 g/mol. The molecule has 0 spiro atoms. The molecule has 0 saturated carbocycles. The van der Waals surface area contributed by atoms with E-state index in [-0.39, 0.29) is 11.3 Å². The molecule has 0 bridgehead atoms. The molecule has 0 aliphatic carbocycles. The van der Waals surface area contributed by atoms with Crippen LogP contribution in [0.25, 0.3) is 0 Å². The molecule has 0 aliphatic rings. The fraction of sp³-hybridized carbons (Fsp3) is 0.571. The van der Waals surface area contributed by atoms with Crippen molar-refractivity contribution in [1.29, 1.82) is 0 Å². The zero-order chi connectivity index (χ0) is 13.7. The van der Waals surface area contributed by atoms with E-state index in [2.05, 4.69) is 13.8 Å². The van der Waals surface area contributed by atoms with Gasteiger partial charge in [0, 0.05) is 27.8 Å². The van der Waals surface area contributed by atoms with Gasteiger partial charge in [-0.2, -0.15) is 0 Å². The minimum atomic E-state index is -0.889. The number of nitrogens with two attached hydrogens (primary N) is 1. The summed E-state index contributed by atoms with van der Waals surface area (Å²) < 4.78 is 17.2. The summed E-state index contributed by atoms with van der Waals surface area (Å²) in [6.45, 7) is 6.18. The van der Waals surface area contributed by atoms with E-state index < -0.39 is 10.8 Å². The highest BCUT2D eigenvalue weighted by molar-refractivity contribution is 7.85. The third-order valence-corrected chi connectivity index (χ3v) is 5.30. The van der Waals surface area contributed by atoms with Crippen molar-refractivity contribution in [3.8, 4) is 5.75 Å². The maximum atomic E-state index is 12.1. The smallest absolute Gasteiger partial charge is 0.118 e. The van der Waals surface area contributed by atoms with Crippen LogP contribution < -0.4 is 10.5 Å². The van der Waals surface area contributed by atoms with Crippen molar-refractivity contribution in [2.24, 2.45) is 11.7 Å². The normalized spacial score (nSPS) is 16.3. The van der Waals surface area contributed by atoms with Gasteiger partial charge >= 0.3 is 0 Å². The number of methoxy groups -OCH3 is 1. The highest BCUT2D eigenvalue weighted by Crippen LogP contribution is 2.19. The molecule has 0 amide bonds. The van der Waals surface area contributed by atoms with E-state index in [1.54, 1.807) is 7.11 Å². The van der Waals surface area contributed by atoms with Crippen LogP contribution in [0.2, 0.25) is 0 Å². The fourth-order valence-electron chi connectivity index (χ4n) is 1.58. The number of hydrogen-bond acceptors (Lipinski definition) is 3. The van der Waals surface area contributed by atoms with Gasteiger partial charge in [-0.05, 0) is 23.6 Å². The van der Waals surface area contributed by atoms with E-state index in [1.807, 2.05) is 31.2 Å². The molecule has 3 atom stereocenters. The summed E-state index contributed by atoms with van der Waals surface area (Å²) in [5.74, 6) is 1.72. The maximum Gasteiger partial charge on any atom is 0.118 e. The first-order valence-electron chi connectivity index (χ1n) is 6.22. The number of ether oxygens (including phenoxy) is 1. The lowest BCUT2D eigenvalue weighted by Gasteiger charge is -2.18. The van der Waals surface area contributed by atoms with Gasteiger partial charge in [-0.3, -0.25) is 4.21 Å². The first-order valence-corrected chi connectivity index (χ1v) is 7.60. The molecule has 2 N–H and O–H groups in total. The summed E-state index contributed by atoms with van der Waals surface area (Å²) in [5.41, 5.74) is 7.09. The lowest BCUT2D eigenvalue weighted by Crippen LogP contribution is -2.26. The average Bonchev–Trinajstić information content (AvgIpc) is 2.37. The molecule has 0 aromatic heterocycles. The van der Waals surface area contributed by atoms with Crippen molar-refractivity contribution in [2.75, 3.05) is 12.9 Å². The topological polar surface area (TPSA) is 52.3 Å². The van der Waals surface area contributed by atoms with Crippen molar-refractivity contribution in [2.45, 2.75) is 32.1 Å². The Morgan fingerprint density at radius 3 is 2.22 bits per heavy atom. The molecule has 1 aromatic carbocycles. The zero-order valence-corrected chi connectivity index (χ0v) is 12.4. The number of hydrogen-bond donors (Lipinski definition) is 1. The Labute approximate surface area is 112 Å². The van der Waals surface area contributed by atoms with Crippen molar-refractivity contribution in [3.05, 3.63) is 29.8 Å². The van der Waals surface area contributed by atoms with Gasteiger partial charge in [-0.15, -0.1) is 0 Å². The van der Waals surface area contributed by atoms with Gasteiger partial charge in [0.15, 0.2) is 0 Å². The third kappa shape index (κ3) is 4.10. The molecule has 0 radical (unpaired) electrons. The van der Waals surface area contributed by atoms with Crippen molar-refractivity contribution >= 4 is 10.8 Å². The van der Waals surface area contributed by atoms with E-state index in [4.69, 9.17) is 10.5 Å². The van der Waals surface area contributed by atoms with Gasteiger partial charge in [0.2, 0.25) is 0 Å². The van der Waals surface area contributed by atoms with Crippen LogP contribution in [0, 0.1) is 5.92 Å². The summed E-state index contributed by atoms with van der Waals surface area (Å²) in [4.78, 5) is 0. The van der Waals surface area contributed by atoms with E-state index in [0.29, 0.717) is 11.7 Å². The molecule has 3 nitrogen and oxygen atoms in total. The van der Waals surface area contributed by atoms with Gasteiger partial charge in [0.05, 0.1) is 7.11 Å². The van der Waals surface area contributed by atoms with Crippen molar-refractivity contribution in [1.82, 2.24) is 0 Å². The second-order valence-corrected chi connectivity index (χ2v) is 6.71. The van der Waals surface area contributed by atoms with Crippen LogP contribution in [-0.2, 0) is 10.8 Å². The van der Waals surface area contributed by atoms with Gasteiger partial charge in [-0.25, -0.2) is 0 Å². The molecule has 0 aliphatic heterocycles. The lowest BCUT2D eigenvalue weighted by atomic mass is 10.1. The third-order valence-electron chi connectivity index (χ3n) is 3.24. The largest absolute Gasteiger partial charge is 0.497 e. The molecule has 4 heteroatoms. The molecule has 3 unspecified atom stereocenters. The van der Waals surface area contributed by atoms with Crippen LogP contribution >= 0.6 is 0 Å². The minimum absolute atomic E-state index is 0.175. The van der Waals surface area contributed by atoms with Crippen LogP contribution in [0.15, 0.2) is 24.3 Å². The Morgan fingerprint density at radius 1 is 1.22 bits per heavy atom. The molecule has 102 valence electrons. The number of benzene rings is 1. The van der Waals surface area contributed by atoms with Gasteiger partial charge < -0.3 is 10.5 Å². The van der Waals surface area contributed by atoms with E-state index in [9.17, 15) is 4.21 Å². The standard InChI is InChI=1S/C14H23NO2S/c1-10(2)11(3)18(16)9-14(15)12-5-7-13(17-4)8-6-12/h5-8,10-11,14H,9,15H2,1-4H3. The Kier molecular flexibility index (Phi) is 5.82. The Morgan fingerprint density at radius 2 is 1.78 bits per heavy atom. The summed E-state index contributed by atoms with van der Waals surface area (Å²) in [6.07, 6.45) is 0. The van der Waals surface area contributed by atoms with E-state index in [1.165, 1.54) is 0 Å². The molecule has 1 rings (SSSR count). The Balaban J connectivity index is 2.64. The first-order chi connectivity index (χ1) is 8.45. The van der Waals surface area contributed by atoms with Crippen LogP contribution in [0.5, 0.6) is 5.75 Å². The summed E-state index contributed by atoms with van der Waals surface area (Å²) >= 11 is 0. The SMILES string of the molecule is COc1ccc(C(N)CS(=O)C(C)C(C)C)cc1. The molecule has 1 aromatic rings. The number of rotatable bonds is 6. The molecule has 18 heavy (non-hydrogen) atoms. The lowest BCUT2D eigenvalue weighted by molar-refractivity contribution is 0.414. The van der Waals surface area contributed by atoms with Gasteiger partial charge in [0.25, 0.3) is 0 Å². The molecule has 0 fully saturated rings. The fourth-order valence-corrected chi connectivity index (χ4v) is 3.04. The molecular formula is C14H23NO2S. The van der Waals surface area contributed by atoms with Gasteiger partial charge in [0.1, 0.15) is 5.75 Å². The summed E-state index contributed by atoms with van der Waals surface area (Å²) in [5, 5.41) is 0.175. The highest BCUT2D eigenvalue weighted by atomic mass is 32.2. The van der Waals surface area contributed by atoms with E-state index >= 15 is 0 Å². The summed E-state index contributed by atoms with van der Waals surface area (Å²) in [6, 6.07) is 7.44. The van der Waals surface area contributed by atoms with Crippen molar-refractivity contribution < 1.29 is 8.95 Å². The predicted molar refractivity (Wildman–Crippen MR) is 77.2 cm³/mol. The van der Waals surface area contributed by atoms with Gasteiger partial charge in [-0.1, -0.05) is 32.9 Å². The van der Waals surface area contributed by atoms with E-state index in [0.717, 1.165) is 11.3 Å². The Hall–Kier alpha value is -0.870.